The van der Waals surface area contributed by atoms with Crippen LogP contribution in [-0.4, -0.2) is 4.98 Å². The summed E-state index contributed by atoms with van der Waals surface area (Å²) in [6.45, 7) is 1.97. The second kappa shape index (κ2) is 2.91. The molecule has 0 aliphatic rings. The minimum atomic E-state index is 0.880. The average Bonchev–Trinajstić information content (AvgIpc) is 2.16. The summed E-state index contributed by atoms with van der Waals surface area (Å²) >= 11 is 0. The fraction of sp³-hybridized carbons (Fsp3) is 0.0833. The Kier molecular flexibility index (Phi) is 1.75. The molecule has 2 aromatic rings. The number of pyridine rings is 1. The highest BCUT2D eigenvalue weighted by Gasteiger charge is 1.95. The van der Waals surface area contributed by atoms with Gasteiger partial charge in [-0.1, -0.05) is 18.1 Å². The molecular weight excluding hydrogens is 158 g/mol. The fourth-order valence-electron chi connectivity index (χ4n) is 1.31. The number of fused-ring (bicyclic) bond motifs is 1. The number of rotatable bonds is 0. The molecule has 0 atom stereocenters. The quantitative estimate of drug-likeness (QED) is 0.549. The van der Waals surface area contributed by atoms with Gasteiger partial charge in [0.05, 0.1) is 5.52 Å². The monoisotopic (exact) mass is 167 g/mol. The minimum absolute atomic E-state index is 0.880. The van der Waals surface area contributed by atoms with Crippen molar-refractivity contribution in [2.24, 2.45) is 0 Å². The smallest absolute Gasteiger partial charge is 0.0717 e. The van der Waals surface area contributed by atoms with Crippen LogP contribution in [0.15, 0.2) is 30.3 Å². The second-order valence-electron chi connectivity index (χ2n) is 3.00. The van der Waals surface area contributed by atoms with E-state index >= 15 is 0 Å². The van der Waals surface area contributed by atoms with Crippen molar-refractivity contribution in [3.8, 4) is 12.3 Å². The number of terminal acetylenes is 1. The van der Waals surface area contributed by atoms with Crippen molar-refractivity contribution in [1.82, 2.24) is 4.98 Å². The molecule has 0 spiro atoms. The topological polar surface area (TPSA) is 12.9 Å². The van der Waals surface area contributed by atoms with E-state index in [2.05, 4.69) is 17.0 Å². The van der Waals surface area contributed by atoms with Gasteiger partial charge in [-0.25, -0.2) is 0 Å². The van der Waals surface area contributed by atoms with Gasteiger partial charge in [-0.05, 0) is 25.1 Å². The number of hydrogen-bond donors (Lipinski definition) is 0. The predicted octanol–water partition coefficient (Wildman–Crippen LogP) is 2.52. The largest absolute Gasteiger partial charge is 0.253 e. The molecule has 0 radical (unpaired) electrons. The van der Waals surface area contributed by atoms with Crippen LogP contribution in [0.25, 0.3) is 10.9 Å². The highest BCUT2D eigenvalue weighted by atomic mass is 14.7. The van der Waals surface area contributed by atoms with Crippen LogP contribution in [0, 0.1) is 19.3 Å². The summed E-state index contributed by atoms with van der Waals surface area (Å²) < 4.78 is 0. The van der Waals surface area contributed by atoms with E-state index in [9.17, 15) is 0 Å². The van der Waals surface area contributed by atoms with Crippen LogP contribution in [0.4, 0.5) is 0 Å². The van der Waals surface area contributed by atoms with Gasteiger partial charge < -0.3 is 0 Å². The van der Waals surface area contributed by atoms with Crippen molar-refractivity contribution in [2.75, 3.05) is 0 Å². The zero-order valence-corrected chi connectivity index (χ0v) is 7.41. The molecule has 1 nitrogen and oxygen atoms in total. The fourth-order valence-corrected chi connectivity index (χ4v) is 1.31. The van der Waals surface area contributed by atoms with Crippen LogP contribution >= 0.6 is 0 Å². The Morgan fingerprint density at radius 2 is 2.00 bits per heavy atom. The Morgan fingerprint density at radius 1 is 1.23 bits per heavy atom. The molecule has 0 aliphatic carbocycles. The third kappa shape index (κ3) is 1.39. The maximum Gasteiger partial charge on any atom is 0.0717 e. The van der Waals surface area contributed by atoms with E-state index in [-0.39, 0.29) is 0 Å². The Morgan fingerprint density at radius 3 is 2.77 bits per heavy atom. The first-order valence-corrected chi connectivity index (χ1v) is 4.13. The second-order valence-corrected chi connectivity index (χ2v) is 3.00. The molecule has 0 amide bonds. The Bertz CT molecular complexity index is 492. The lowest BCUT2D eigenvalue weighted by Crippen LogP contribution is -1.83. The van der Waals surface area contributed by atoms with E-state index in [4.69, 9.17) is 6.42 Å². The zero-order valence-electron chi connectivity index (χ0n) is 7.41. The molecule has 0 saturated heterocycles. The van der Waals surface area contributed by atoms with Crippen LogP contribution in [0.3, 0.4) is 0 Å². The van der Waals surface area contributed by atoms with Crippen LogP contribution in [0.5, 0.6) is 0 Å². The van der Waals surface area contributed by atoms with Crippen LogP contribution in [0.2, 0.25) is 0 Å². The molecule has 0 aliphatic heterocycles. The molecule has 0 fully saturated rings. The average molecular weight is 167 g/mol. The van der Waals surface area contributed by atoms with E-state index in [0.29, 0.717) is 0 Å². The van der Waals surface area contributed by atoms with E-state index < -0.39 is 0 Å². The van der Waals surface area contributed by atoms with Gasteiger partial charge in [0.25, 0.3) is 0 Å². The number of nitrogens with zero attached hydrogens (tertiary/aromatic N) is 1. The molecule has 13 heavy (non-hydrogen) atoms. The first kappa shape index (κ1) is 7.82. The lowest BCUT2D eigenvalue weighted by Gasteiger charge is -1.98. The summed E-state index contributed by atoms with van der Waals surface area (Å²) in [7, 11) is 0. The molecule has 2 rings (SSSR count). The summed E-state index contributed by atoms with van der Waals surface area (Å²) in [6, 6.07) is 9.91. The number of aryl methyl sites for hydroxylation is 1. The first-order chi connectivity index (χ1) is 6.29. The molecule has 62 valence electrons. The standard InChI is InChI=1S/C12H9N/c1-3-10-5-7-11-6-4-9(2)13-12(11)8-10/h1,4-8H,2H3. The normalized spacial score (nSPS) is 9.85. The van der Waals surface area contributed by atoms with Crippen molar-refractivity contribution < 1.29 is 0 Å². The summed E-state index contributed by atoms with van der Waals surface area (Å²) in [6.07, 6.45) is 5.30. The van der Waals surface area contributed by atoms with Crippen LogP contribution in [0.1, 0.15) is 11.3 Å². The predicted molar refractivity (Wildman–Crippen MR) is 54.4 cm³/mol. The van der Waals surface area contributed by atoms with Crippen molar-refractivity contribution >= 4 is 10.9 Å². The van der Waals surface area contributed by atoms with E-state index in [1.54, 1.807) is 0 Å². The molecule has 1 aromatic heterocycles. The van der Waals surface area contributed by atoms with Crippen LogP contribution < -0.4 is 0 Å². The lowest BCUT2D eigenvalue weighted by molar-refractivity contribution is 1.25. The lowest BCUT2D eigenvalue weighted by atomic mass is 10.1. The molecule has 0 bridgehead atoms. The van der Waals surface area contributed by atoms with Crippen LogP contribution in [-0.2, 0) is 0 Å². The van der Waals surface area contributed by atoms with Crippen molar-refractivity contribution in [3.63, 3.8) is 0 Å². The summed E-state index contributed by atoms with van der Waals surface area (Å²) in [5, 5.41) is 1.13. The third-order valence-electron chi connectivity index (χ3n) is 2.00. The van der Waals surface area contributed by atoms with E-state index in [1.807, 2.05) is 31.2 Å². The Balaban J connectivity index is 2.77. The van der Waals surface area contributed by atoms with Gasteiger partial charge >= 0.3 is 0 Å². The Hall–Kier alpha value is -1.81. The van der Waals surface area contributed by atoms with Gasteiger partial charge in [-0.15, -0.1) is 6.42 Å². The van der Waals surface area contributed by atoms with Crippen molar-refractivity contribution in [3.05, 3.63) is 41.6 Å². The molecular formula is C12H9N. The van der Waals surface area contributed by atoms with Crippen molar-refractivity contribution in [2.45, 2.75) is 6.92 Å². The first-order valence-electron chi connectivity index (χ1n) is 4.13. The maximum absolute atomic E-state index is 5.30. The number of aromatic nitrogens is 1. The molecule has 1 heteroatoms. The summed E-state index contributed by atoms with van der Waals surface area (Å²) in [5.41, 5.74) is 2.86. The van der Waals surface area contributed by atoms with Gasteiger partial charge in [-0.2, -0.15) is 0 Å². The zero-order chi connectivity index (χ0) is 9.26. The third-order valence-corrected chi connectivity index (χ3v) is 2.00. The summed E-state index contributed by atoms with van der Waals surface area (Å²) in [5.74, 6) is 2.60. The molecule has 0 unspecified atom stereocenters. The highest BCUT2D eigenvalue weighted by molar-refractivity contribution is 5.80. The molecule has 1 aromatic carbocycles. The van der Waals surface area contributed by atoms with E-state index in [0.717, 1.165) is 22.2 Å². The van der Waals surface area contributed by atoms with Gasteiger partial charge in [0.1, 0.15) is 0 Å². The molecule has 0 saturated carbocycles. The number of benzene rings is 1. The highest BCUT2D eigenvalue weighted by Crippen LogP contribution is 2.13. The van der Waals surface area contributed by atoms with Crippen molar-refractivity contribution in [1.29, 1.82) is 0 Å². The SMILES string of the molecule is C#Cc1ccc2ccc(C)nc2c1. The maximum atomic E-state index is 5.30. The number of hydrogen-bond acceptors (Lipinski definition) is 1. The van der Waals surface area contributed by atoms with E-state index in [1.165, 1.54) is 0 Å². The van der Waals surface area contributed by atoms with Gasteiger partial charge in [0, 0.05) is 16.6 Å². The van der Waals surface area contributed by atoms with Gasteiger partial charge in [0.15, 0.2) is 0 Å². The summed E-state index contributed by atoms with van der Waals surface area (Å²) in [4.78, 5) is 4.39. The molecule has 0 N–H and O–H groups in total. The van der Waals surface area contributed by atoms with Gasteiger partial charge in [-0.3, -0.25) is 4.98 Å². The van der Waals surface area contributed by atoms with Gasteiger partial charge in [0.2, 0.25) is 0 Å². The Labute approximate surface area is 77.4 Å². The minimum Gasteiger partial charge on any atom is -0.253 e. The molecule has 1 heterocycles.